The van der Waals surface area contributed by atoms with Crippen molar-refractivity contribution in [3.05, 3.63) is 30.3 Å². The number of hydrogen-bond acceptors (Lipinski definition) is 2. The fourth-order valence-electron chi connectivity index (χ4n) is 1.65. The molecule has 1 aromatic carbocycles. The van der Waals surface area contributed by atoms with Gasteiger partial charge in [0.15, 0.2) is 0 Å². The Bertz CT molecular complexity index is 248. The molecule has 15 heavy (non-hydrogen) atoms. The van der Waals surface area contributed by atoms with E-state index in [0.29, 0.717) is 5.92 Å². The minimum absolute atomic E-state index is 0.610. The smallest absolute Gasteiger partial charge is 0.119 e. The minimum Gasteiger partial charge on any atom is -0.494 e. The molecular weight excluding hydrogens is 186 g/mol. The fraction of sp³-hybridized carbons (Fsp3) is 0.538. The van der Waals surface area contributed by atoms with Crippen molar-refractivity contribution >= 4 is 0 Å². The minimum atomic E-state index is 0.610. The van der Waals surface area contributed by atoms with Gasteiger partial charge in [0.2, 0.25) is 0 Å². The molecule has 0 aliphatic heterocycles. The van der Waals surface area contributed by atoms with Gasteiger partial charge in [-0.15, -0.1) is 0 Å². The highest BCUT2D eigenvalue weighted by Crippen LogP contribution is 2.12. The summed E-state index contributed by atoms with van der Waals surface area (Å²) in [6.45, 7) is 3.73. The number of para-hydroxylation sites is 1. The molecule has 2 N–H and O–H groups in total. The van der Waals surface area contributed by atoms with E-state index >= 15 is 0 Å². The first-order chi connectivity index (χ1) is 7.36. The van der Waals surface area contributed by atoms with Gasteiger partial charge >= 0.3 is 0 Å². The third-order valence-electron chi connectivity index (χ3n) is 2.57. The fourth-order valence-corrected chi connectivity index (χ4v) is 1.65. The molecule has 2 heteroatoms. The predicted octanol–water partition coefficient (Wildman–Crippen LogP) is 2.83. The lowest BCUT2D eigenvalue weighted by molar-refractivity contribution is 0.273. The summed E-state index contributed by atoms with van der Waals surface area (Å²) in [6.07, 6.45) is 3.46. The van der Waals surface area contributed by atoms with Crippen LogP contribution in [0.2, 0.25) is 0 Å². The molecule has 1 atom stereocenters. The Morgan fingerprint density at radius 3 is 2.53 bits per heavy atom. The third-order valence-corrected chi connectivity index (χ3v) is 2.57. The normalized spacial score (nSPS) is 12.4. The molecule has 1 unspecified atom stereocenters. The summed E-state index contributed by atoms with van der Waals surface area (Å²) in [5.74, 6) is 1.56. The number of ether oxygens (including phenoxy) is 1. The summed E-state index contributed by atoms with van der Waals surface area (Å²) >= 11 is 0. The molecule has 0 aliphatic carbocycles. The standard InChI is InChI=1S/C13H21NO/c1-2-6-12(11-14)9-10-15-13-7-4-3-5-8-13/h3-5,7-8,12H,2,6,9-11,14H2,1H3. The molecule has 0 bridgehead atoms. The van der Waals surface area contributed by atoms with Crippen LogP contribution < -0.4 is 10.5 Å². The Labute approximate surface area is 92.4 Å². The van der Waals surface area contributed by atoms with Crippen molar-refractivity contribution in [2.75, 3.05) is 13.2 Å². The first-order valence-electron chi connectivity index (χ1n) is 5.74. The van der Waals surface area contributed by atoms with Gasteiger partial charge in [0, 0.05) is 0 Å². The number of hydrogen-bond donors (Lipinski definition) is 1. The van der Waals surface area contributed by atoms with Crippen molar-refractivity contribution in [3.8, 4) is 5.75 Å². The van der Waals surface area contributed by atoms with Crippen molar-refractivity contribution in [3.63, 3.8) is 0 Å². The molecule has 0 spiro atoms. The van der Waals surface area contributed by atoms with Crippen LogP contribution >= 0.6 is 0 Å². The highest BCUT2D eigenvalue weighted by atomic mass is 16.5. The van der Waals surface area contributed by atoms with E-state index in [4.69, 9.17) is 10.5 Å². The van der Waals surface area contributed by atoms with Crippen LogP contribution in [0.5, 0.6) is 5.75 Å². The second-order valence-electron chi connectivity index (χ2n) is 3.84. The van der Waals surface area contributed by atoms with Gasteiger partial charge in [-0.25, -0.2) is 0 Å². The SMILES string of the molecule is CCCC(CN)CCOc1ccccc1. The van der Waals surface area contributed by atoms with Crippen LogP contribution in [0.1, 0.15) is 26.2 Å². The van der Waals surface area contributed by atoms with Gasteiger partial charge in [-0.05, 0) is 37.4 Å². The Kier molecular flexibility index (Phi) is 5.86. The Hall–Kier alpha value is -1.02. The average Bonchev–Trinajstić information content (AvgIpc) is 2.29. The van der Waals surface area contributed by atoms with E-state index in [2.05, 4.69) is 6.92 Å². The first-order valence-corrected chi connectivity index (χ1v) is 5.74. The van der Waals surface area contributed by atoms with Crippen LogP contribution in [0.4, 0.5) is 0 Å². The topological polar surface area (TPSA) is 35.2 Å². The van der Waals surface area contributed by atoms with Crippen molar-refractivity contribution in [1.29, 1.82) is 0 Å². The van der Waals surface area contributed by atoms with E-state index in [9.17, 15) is 0 Å². The number of rotatable bonds is 7. The molecule has 84 valence electrons. The van der Waals surface area contributed by atoms with Crippen molar-refractivity contribution in [2.24, 2.45) is 11.7 Å². The zero-order chi connectivity index (χ0) is 10.9. The van der Waals surface area contributed by atoms with E-state index in [-0.39, 0.29) is 0 Å². The maximum absolute atomic E-state index is 5.68. The van der Waals surface area contributed by atoms with Gasteiger partial charge in [-0.2, -0.15) is 0 Å². The zero-order valence-corrected chi connectivity index (χ0v) is 9.49. The first kappa shape index (κ1) is 12.1. The largest absolute Gasteiger partial charge is 0.494 e. The average molecular weight is 207 g/mol. The van der Waals surface area contributed by atoms with E-state index in [1.165, 1.54) is 12.8 Å². The molecule has 0 saturated heterocycles. The lowest BCUT2D eigenvalue weighted by atomic mass is 10.0. The van der Waals surface area contributed by atoms with Gasteiger partial charge in [0.1, 0.15) is 5.75 Å². The molecule has 2 nitrogen and oxygen atoms in total. The predicted molar refractivity (Wildman–Crippen MR) is 64.0 cm³/mol. The molecule has 0 radical (unpaired) electrons. The Balaban J connectivity index is 2.20. The van der Waals surface area contributed by atoms with Crippen molar-refractivity contribution < 1.29 is 4.74 Å². The van der Waals surface area contributed by atoms with E-state index < -0.39 is 0 Å². The van der Waals surface area contributed by atoms with E-state index in [1.54, 1.807) is 0 Å². The van der Waals surface area contributed by atoms with Crippen LogP contribution in [0.3, 0.4) is 0 Å². The van der Waals surface area contributed by atoms with E-state index in [1.807, 2.05) is 30.3 Å². The molecule has 0 aliphatic rings. The second-order valence-corrected chi connectivity index (χ2v) is 3.84. The highest BCUT2D eigenvalue weighted by Gasteiger charge is 2.05. The van der Waals surface area contributed by atoms with Crippen molar-refractivity contribution in [1.82, 2.24) is 0 Å². The van der Waals surface area contributed by atoms with E-state index in [0.717, 1.165) is 25.3 Å². The summed E-state index contributed by atoms with van der Waals surface area (Å²) in [7, 11) is 0. The van der Waals surface area contributed by atoms with Gasteiger partial charge in [0.25, 0.3) is 0 Å². The Morgan fingerprint density at radius 2 is 1.93 bits per heavy atom. The molecule has 0 saturated carbocycles. The monoisotopic (exact) mass is 207 g/mol. The van der Waals surface area contributed by atoms with Gasteiger partial charge in [-0.1, -0.05) is 31.5 Å². The van der Waals surface area contributed by atoms with Crippen LogP contribution in [-0.2, 0) is 0 Å². The number of benzene rings is 1. The molecule has 1 aromatic rings. The number of nitrogens with two attached hydrogens (primary N) is 1. The Morgan fingerprint density at radius 1 is 1.20 bits per heavy atom. The molecular formula is C13H21NO. The van der Waals surface area contributed by atoms with Crippen LogP contribution in [0.25, 0.3) is 0 Å². The quantitative estimate of drug-likeness (QED) is 0.746. The lowest BCUT2D eigenvalue weighted by Crippen LogP contribution is -2.17. The third kappa shape index (κ3) is 4.84. The summed E-state index contributed by atoms with van der Waals surface area (Å²) in [5.41, 5.74) is 5.68. The van der Waals surface area contributed by atoms with Crippen LogP contribution in [-0.4, -0.2) is 13.2 Å². The van der Waals surface area contributed by atoms with Crippen LogP contribution in [0, 0.1) is 5.92 Å². The summed E-state index contributed by atoms with van der Waals surface area (Å²) in [4.78, 5) is 0. The summed E-state index contributed by atoms with van der Waals surface area (Å²) in [5, 5.41) is 0. The van der Waals surface area contributed by atoms with Gasteiger partial charge in [0.05, 0.1) is 6.61 Å². The molecule has 0 amide bonds. The van der Waals surface area contributed by atoms with Crippen molar-refractivity contribution in [2.45, 2.75) is 26.2 Å². The van der Waals surface area contributed by atoms with Gasteiger partial charge in [-0.3, -0.25) is 0 Å². The summed E-state index contributed by atoms with van der Waals surface area (Å²) in [6, 6.07) is 9.94. The zero-order valence-electron chi connectivity index (χ0n) is 9.49. The lowest BCUT2D eigenvalue weighted by Gasteiger charge is -2.13. The molecule has 0 aromatic heterocycles. The van der Waals surface area contributed by atoms with Gasteiger partial charge < -0.3 is 10.5 Å². The molecule has 0 heterocycles. The molecule has 0 fully saturated rings. The maximum atomic E-state index is 5.68. The second kappa shape index (κ2) is 7.30. The maximum Gasteiger partial charge on any atom is 0.119 e. The summed E-state index contributed by atoms with van der Waals surface area (Å²) < 4.78 is 5.63. The highest BCUT2D eigenvalue weighted by molar-refractivity contribution is 5.20. The molecule has 1 rings (SSSR count). The van der Waals surface area contributed by atoms with Crippen LogP contribution in [0.15, 0.2) is 30.3 Å².